The SMILES string of the molecule is C=C[C@H]1[C@@H](O)C(=O)O[C@@H]1C(C)(C)C. The lowest BCUT2D eigenvalue weighted by Gasteiger charge is -2.28. The number of aliphatic hydroxyl groups is 1. The second kappa shape index (κ2) is 3.14. The van der Waals surface area contributed by atoms with Crippen molar-refractivity contribution in [3.8, 4) is 0 Å². The van der Waals surface area contributed by atoms with E-state index in [2.05, 4.69) is 6.58 Å². The van der Waals surface area contributed by atoms with Crippen molar-refractivity contribution in [3.63, 3.8) is 0 Å². The standard InChI is InChI=1S/C10H16O3/c1-5-6-7(11)9(12)13-8(6)10(2,3)4/h5-8,11H,1H2,2-4H3/t6-,7+,8-/m0/s1. The zero-order valence-electron chi connectivity index (χ0n) is 8.28. The average Bonchev–Trinajstić information content (AvgIpc) is 2.28. The molecule has 0 spiro atoms. The Bertz CT molecular complexity index is 227. The number of hydrogen-bond acceptors (Lipinski definition) is 3. The van der Waals surface area contributed by atoms with E-state index in [1.165, 1.54) is 0 Å². The van der Waals surface area contributed by atoms with Crippen molar-refractivity contribution >= 4 is 5.97 Å². The Hall–Kier alpha value is -0.830. The molecule has 3 heteroatoms. The van der Waals surface area contributed by atoms with Gasteiger partial charge >= 0.3 is 5.97 Å². The van der Waals surface area contributed by atoms with E-state index in [-0.39, 0.29) is 17.4 Å². The van der Waals surface area contributed by atoms with Gasteiger partial charge in [0.2, 0.25) is 0 Å². The number of carbonyl (C=O) groups is 1. The molecule has 0 bridgehead atoms. The molecule has 3 nitrogen and oxygen atoms in total. The molecular formula is C10H16O3. The lowest BCUT2D eigenvalue weighted by atomic mass is 9.80. The Morgan fingerprint density at radius 1 is 1.54 bits per heavy atom. The number of carbonyl (C=O) groups excluding carboxylic acids is 1. The maximum absolute atomic E-state index is 11.1. The van der Waals surface area contributed by atoms with Crippen LogP contribution in [-0.2, 0) is 9.53 Å². The third-order valence-corrected chi connectivity index (χ3v) is 2.32. The van der Waals surface area contributed by atoms with Gasteiger partial charge in [-0.15, -0.1) is 6.58 Å². The highest BCUT2D eigenvalue weighted by molar-refractivity contribution is 5.77. The molecule has 1 heterocycles. The van der Waals surface area contributed by atoms with Crippen molar-refractivity contribution < 1.29 is 14.6 Å². The van der Waals surface area contributed by atoms with Crippen molar-refractivity contribution in [1.29, 1.82) is 0 Å². The number of esters is 1. The van der Waals surface area contributed by atoms with E-state index >= 15 is 0 Å². The van der Waals surface area contributed by atoms with E-state index in [1.54, 1.807) is 6.08 Å². The van der Waals surface area contributed by atoms with Gasteiger partial charge < -0.3 is 9.84 Å². The number of aliphatic hydroxyl groups excluding tert-OH is 1. The Labute approximate surface area is 78.4 Å². The minimum atomic E-state index is -1.04. The highest BCUT2D eigenvalue weighted by Crippen LogP contribution is 2.35. The van der Waals surface area contributed by atoms with Crippen LogP contribution in [-0.4, -0.2) is 23.3 Å². The highest BCUT2D eigenvalue weighted by atomic mass is 16.6. The smallest absolute Gasteiger partial charge is 0.336 e. The monoisotopic (exact) mass is 184 g/mol. The van der Waals surface area contributed by atoms with Gasteiger partial charge in [0.25, 0.3) is 0 Å². The first-order valence-electron chi connectivity index (χ1n) is 4.39. The van der Waals surface area contributed by atoms with Crippen LogP contribution in [0.5, 0.6) is 0 Å². The first-order valence-corrected chi connectivity index (χ1v) is 4.39. The normalized spacial score (nSPS) is 34.5. The molecule has 0 aromatic rings. The second-order valence-corrected chi connectivity index (χ2v) is 4.48. The highest BCUT2D eigenvalue weighted by Gasteiger charge is 2.47. The molecule has 0 aliphatic carbocycles. The summed E-state index contributed by atoms with van der Waals surface area (Å²) in [6, 6.07) is 0. The summed E-state index contributed by atoms with van der Waals surface area (Å²) in [5, 5.41) is 9.45. The summed E-state index contributed by atoms with van der Waals surface area (Å²) in [5.74, 6) is -0.822. The maximum atomic E-state index is 11.1. The quantitative estimate of drug-likeness (QED) is 0.490. The molecule has 0 unspecified atom stereocenters. The molecule has 1 fully saturated rings. The third kappa shape index (κ3) is 1.75. The van der Waals surface area contributed by atoms with Crippen molar-refractivity contribution in [2.45, 2.75) is 33.0 Å². The minimum Gasteiger partial charge on any atom is -0.459 e. The molecule has 74 valence electrons. The fraction of sp³-hybridized carbons (Fsp3) is 0.700. The van der Waals surface area contributed by atoms with Crippen LogP contribution in [0.25, 0.3) is 0 Å². The van der Waals surface area contributed by atoms with Crippen LogP contribution < -0.4 is 0 Å². The van der Waals surface area contributed by atoms with Crippen LogP contribution in [0.2, 0.25) is 0 Å². The largest absolute Gasteiger partial charge is 0.459 e. The van der Waals surface area contributed by atoms with E-state index in [9.17, 15) is 9.90 Å². The fourth-order valence-corrected chi connectivity index (χ4v) is 1.60. The summed E-state index contributed by atoms with van der Waals surface area (Å²) in [6.45, 7) is 9.51. The maximum Gasteiger partial charge on any atom is 0.336 e. The van der Waals surface area contributed by atoms with Gasteiger partial charge in [0.15, 0.2) is 6.10 Å². The van der Waals surface area contributed by atoms with Crippen LogP contribution in [0.1, 0.15) is 20.8 Å². The van der Waals surface area contributed by atoms with Crippen molar-refractivity contribution in [3.05, 3.63) is 12.7 Å². The molecule has 3 atom stereocenters. The first kappa shape index (κ1) is 10.3. The van der Waals surface area contributed by atoms with E-state index in [0.717, 1.165) is 0 Å². The summed E-state index contributed by atoms with van der Waals surface area (Å²) < 4.78 is 5.08. The van der Waals surface area contributed by atoms with Gasteiger partial charge in [-0.05, 0) is 5.41 Å². The van der Waals surface area contributed by atoms with Crippen LogP contribution in [0.15, 0.2) is 12.7 Å². The first-order chi connectivity index (χ1) is 5.88. The predicted octanol–water partition coefficient (Wildman–Crippen LogP) is 1.12. The van der Waals surface area contributed by atoms with Crippen LogP contribution in [0, 0.1) is 11.3 Å². The van der Waals surface area contributed by atoms with Gasteiger partial charge in [-0.1, -0.05) is 26.8 Å². The van der Waals surface area contributed by atoms with Crippen molar-refractivity contribution in [2.24, 2.45) is 11.3 Å². The van der Waals surface area contributed by atoms with Gasteiger partial charge in [-0.3, -0.25) is 0 Å². The molecule has 0 amide bonds. The van der Waals surface area contributed by atoms with E-state index < -0.39 is 12.1 Å². The summed E-state index contributed by atoms with van der Waals surface area (Å²) in [6.07, 6.45) is 0.278. The lowest BCUT2D eigenvalue weighted by Crippen LogP contribution is -2.33. The number of ether oxygens (including phenoxy) is 1. The van der Waals surface area contributed by atoms with Gasteiger partial charge in [-0.2, -0.15) is 0 Å². The lowest BCUT2D eigenvalue weighted by molar-refractivity contribution is -0.150. The fourth-order valence-electron chi connectivity index (χ4n) is 1.60. The number of rotatable bonds is 1. The summed E-state index contributed by atoms with van der Waals surface area (Å²) >= 11 is 0. The van der Waals surface area contributed by atoms with Crippen molar-refractivity contribution in [2.75, 3.05) is 0 Å². The zero-order valence-corrected chi connectivity index (χ0v) is 8.28. The Kier molecular flexibility index (Phi) is 2.48. The second-order valence-electron chi connectivity index (χ2n) is 4.48. The summed E-state index contributed by atoms with van der Waals surface area (Å²) in [4.78, 5) is 11.1. The average molecular weight is 184 g/mol. The molecule has 1 N–H and O–H groups in total. The topological polar surface area (TPSA) is 46.5 Å². The van der Waals surface area contributed by atoms with E-state index in [1.807, 2.05) is 20.8 Å². The molecule has 0 saturated carbocycles. The molecule has 13 heavy (non-hydrogen) atoms. The van der Waals surface area contributed by atoms with Gasteiger partial charge in [0, 0.05) is 0 Å². The molecule has 1 aliphatic heterocycles. The van der Waals surface area contributed by atoms with Crippen LogP contribution in [0.4, 0.5) is 0 Å². The van der Waals surface area contributed by atoms with Crippen molar-refractivity contribution in [1.82, 2.24) is 0 Å². The van der Waals surface area contributed by atoms with E-state index in [0.29, 0.717) is 0 Å². The molecular weight excluding hydrogens is 168 g/mol. The van der Waals surface area contributed by atoms with Gasteiger partial charge in [0.05, 0.1) is 5.92 Å². The molecule has 1 aliphatic rings. The number of hydrogen-bond donors (Lipinski definition) is 1. The van der Waals surface area contributed by atoms with E-state index in [4.69, 9.17) is 4.74 Å². The Morgan fingerprint density at radius 2 is 2.08 bits per heavy atom. The predicted molar refractivity (Wildman–Crippen MR) is 49.0 cm³/mol. The Balaban J connectivity index is 2.89. The minimum absolute atomic E-state index is 0.161. The molecule has 1 saturated heterocycles. The molecule has 1 rings (SSSR count). The van der Waals surface area contributed by atoms with Crippen LogP contribution in [0.3, 0.4) is 0 Å². The van der Waals surface area contributed by atoms with Gasteiger partial charge in [-0.25, -0.2) is 4.79 Å². The number of cyclic esters (lactones) is 1. The molecule has 0 radical (unpaired) electrons. The molecule has 0 aromatic carbocycles. The zero-order chi connectivity index (χ0) is 10.2. The third-order valence-electron chi connectivity index (χ3n) is 2.32. The van der Waals surface area contributed by atoms with Gasteiger partial charge in [0.1, 0.15) is 6.10 Å². The summed E-state index contributed by atoms with van der Waals surface area (Å²) in [5.41, 5.74) is -0.161. The summed E-state index contributed by atoms with van der Waals surface area (Å²) in [7, 11) is 0. The molecule has 0 aromatic heterocycles. The Morgan fingerprint density at radius 3 is 2.38 bits per heavy atom. The van der Waals surface area contributed by atoms with Crippen LogP contribution >= 0.6 is 0 Å².